The van der Waals surface area contributed by atoms with Crippen LogP contribution in [0.5, 0.6) is 0 Å². The summed E-state index contributed by atoms with van der Waals surface area (Å²) in [7, 11) is -1.67. The lowest BCUT2D eigenvalue weighted by molar-refractivity contribution is -0.0440. The third-order valence-corrected chi connectivity index (χ3v) is 8.22. The summed E-state index contributed by atoms with van der Waals surface area (Å²) in [5, 5.41) is 0. The van der Waals surface area contributed by atoms with Gasteiger partial charge in [-0.3, -0.25) is 4.79 Å². The fraction of sp³-hybridized carbons (Fsp3) is 0.400. The lowest BCUT2D eigenvalue weighted by Crippen LogP contribution is -2.48. The summed E-state index contributed by atoms with van der Waals surface area (Å²) in [5.41, 5.74) is 3.34. The number of hydrogen-bond acceptors (Lipinski definition) is 5. The molecule has 2 aromatic rings. The molecule has 2 atom stereocenters. The molecule has 0 aromatic heterocycles. The van der Waals surface area contributed by atoms with E-state index in [1.807, 2.05) is 37.9 Å². The molecule has 0 N–H and O–H groups in total. The molecule has 170 valence electrons. The highest BCUT2D eigenvalue weighted by molar-refractivity contribution is 7.89. The Labute approximate surface area is 190 Å². The number of para-hydroxylation sites is 1. The molecule has 1 fully saturated rings. The van der Waals surface area contributed by atoms with Crippen LogP contribution < -0.4 is 4.90 Å². The molecule has 4 rings (SSSR count). The second-order valence-electron chi connectivity index (χ2n) is 9.20. The Morgan fingerprint density at radius 2 is 1.62 bits per heavy atom. The zero-order valence-electron chi connectivity index (χ0n) is 19.2. The van der Waals surface area contributed by atoms with E-state index in [-0.39, 0.29) is 28.3 Å². The summed E-state index contributed by atoms with van der Waals surface area (Å²) < 4.78 is 33.2. The number of anilines is 1. The van der Waals surface area contributed by atoms with Gasteiger partial charge in [0.1, 0.15) is 0 Å². The van der Waals surface area contributed by atoms with Crippen molar-refractivity contribution in [3.05, 3.63) is 71.4 Å². The molecule has 0 spiro atoms. The molecule has 7 heteroatoms. The molecule has 0 amide bonds. The van der Waals surface area contributed by atoms with Gasteiger partial charge in [-0.2, -0.15) is 4.31 Å². The summed E-state index contributed by atoms with van der Waals surface area (Å²) in [6, 6.07) is 14.4. The molecule has 2 aliphatic heterocycles. The van der Waals surface area contributed by atoms with Gasteiger partial charge >= 0.3 is 0 Å². The van der Waals surface area contributed by atoms with Crippen molar-refractivity contribution in [2.75, 3.05) is 25.0 Å². The Bertz CT molecular complexity index is 1160. The monoisotopic (exact) mass is 454 g/mol. The zero-order chi connectivity index (χ0) is 23.3. The van der Waals surface area contributed by atoms with Crippen molar-refractivity contribution in [2.24, 2.45) is 0 Å². The van der Waals surface area contributed by atoms with Crippen LogP contribution in [0.2, 0.25) is 0 Å². The molecular formula is C25H30N2O4S. The molecule has 0 bridgehead atoms. The van der Waals surface area contributed by atoms with E-state index >= 15 is 0 Å². The third-order valence-electron chi connectivity index (χ3n) is 6.37. The average Bonchev–Trinajstić information content (AvgIpc) is 2.94. The maximum Gasteiger partial charge on any atom is 0.243 e. The quantitative estimate of drug-likeness (QED) is 0.516. The first kappa shape index (κ1) is 22.7. The topological polar surface area (TPSA) is 66.9 Å². The van der Waals surface area contributed by atoms with Gasteiger partial charge in [0.15, 0.2) is 5.78 Å². The van der Waals surface area contributed by atoms with Crippen LogP contribution in [0, 0.1) is 0 Å². The standard InChI is InChI=1S/C25H30N2O4S/c1-17-15-27(16-18(2)31-17)32(29,30)20-12-10-19(11-13-20)23(28)14-24-25(3,4)21-8-6-7-9-22(21)26(24)5/h6-14,17-18H,15-16H2,1-5H3. The van der Waals surface area contributed by atoms with E-state index in [1.165, 1.54) is 22.0 Å². The fourth-order valence-corrected chi connectivity index (χ4v) is 6.32. The van der Waals surface area contributed by atoms with Gasteiger partial charge in [0.2, 0.25) is 10.0 Å². The first-order valence-electron chi connectivity index (χ1n) is 10.9. The van der Waals surface area contributed by atoms with Crippen LogP contribution in [0.25, 0.3) is 0 Å². The Kier molecular flexibility index (Phi) is 5.77. The van der Waals surface area contributed by atoms with Crippen molar-refractivity contribution in [3.63, 3.8) is 0 Å². The van der Waals surface area contributed by atoms with E-state index in [0.29, 0.717) is 18.7 Å². The summed E-state index contributed by atoms with van der Waals surface area (Å²) in [5.74, 6) is -0.148. The van der Waals surface area contributed by atoms with Crippen molar-refractivity contribution in [3.8, 4) is 0 Å². The number of allylic oxidation sites excluding steroid dienone is 2. The van der Waals surface area contributed by atoms with E-state index in [0.717, 1.165) is 11.4 Å². The van der Waals surface area contributed by atoms with Gasteiger partial charge in [0, 0.05) is 48.6 Å². The summed E-state index contributed by atoms with van der Waals surface area (Å²) in [6.07, 6.45) is 1.35. The zero-order valence-corrected chi connectivity index (χ0v) is 20.0. The van der Waals surface area contributed by atoms with E-state index in [2.05, 4.69) is 26.0 Å². The minimum Gasteiger partial charge on any atom is -0.373 e. The van der Waals surface area contributed by atoms with Gasteiger partial charge in [-0.05, 0) is 49.7 Å². The number of ketones is 1. The smallest absolute Gasteiger partial charge is 0.243 e. The fourth-order valence-electron chi connectivity index (χ4n) is 4.73. The number of nitrogens with zero attached hydrogens (tertiary/aromatic N) is 2. The molecule has 0 saturated carbocycles. The predicted octanol–water partition coefficient (Wildman–Crippen LogP) is 3.98. The number of sulfonamides is 1. The molecule has 2 aromatic carbocycles. The number of hydrogen-bond donors (Lipinski definition) is 0. The van der Waals surface area contributed by atoms with Gasteiger partial charge in [-0.25, -0.2) is 8.42 Å². The van der Waals surface area contributed by atoms with E-state index in [4.69, 9.17) is 4.74 Å². The Morgan fingerprint density at radius 1 is 1.03 bits per heavy atom. The van der Waals surface area contributed by atoms with Crippen LogP contribution >= 0.6 is 0 Å². The predicted molar refractivity (Wildman–Crippen MR) is 125 cm³/mol. The molecule has 2 aliphatic rings. The van der Waals surface area contributed by atoms with Crippen LogP contribution in [0.1, 0.15) is 43.6 Å². The highest BCUT2D eigenvalue weighted by atomic mass is 32.2. The number of likely N-dealkylation sites (N-methyl/N-ethyl adjacent to an activating group) is 1. The summed E-state index contributed by atoms with van der Waals surface area (Å²) in [4.78, 5) is 15.3. The second kappa shape index (κ2) is 8.14. The lowest BCUT2D eigenvalue weighted by atomic mass is 9.83. The number of rotatable bonds is 4. The Hall–Kier alpha value is -2.48. The Balaban J connectivity index is 1.58. The minimum absolute atomic E-state index is 0.148. The lowest BCUT2D eigenvalue weighted by Gasteiger charge is -2.34. The first-order chi connectivity index (χ1) is 15.0. The molecule has 2 unspecified atom stereocenters. The van der Waals surface area contributed by atoms with E-state index < -0.39 is 10.0 Å². The molecule has 0 aliphatic carbocycles. The molecule has 1 saturated heterocycles. The van der Waals surface area contributed by atoms with E-state index in [9.17, 15) is 13.2 Å². The third kappa shape index (κ3) is 3.89. The highest BCUT2D eigenvalue weighted by Crippen LogP contribution is 2.46. The van der Waals surface area contributed by atoms with Gasteiger partial charge in [0.25, 0.3) is 0 Å². The van der Waals surface area contributed by atoms with Crippen LogP contribution in [0.4, 0.5) is 5.69 Å². The SMILES string of the molecule is CC1CN(S(=O)(=O)c2ccc(C(=O)C=C3N(C)c4ccccc4C3(C)C)cc2)CC(C)O1. The number of ether oxygens (including phenoxy) is 1. The van der Waals surface area contributed by atoms with Crippen LogP contribution in [-0.2, 0) is 20.2 Å². The van der Waals surface area contributed by atoms with Crippen LogP contribution in [-0.4, -0.2) is 50.9 Å². The largest absolute Gasteiger partial charge is 0.373 e. The molecular weight excluding hydrogens is 424 g/mol. The normalized spacial score (nSPS) is 24.5. The first-order valence-corrected chi connectivity index (χ1v) is 12.3. The minimum atomic E-state index is -3.64. The Morgan fingerprint density at radius 3 is 2.22 bits per heavy atom. The van der Waals surface area contributed by atoms with Crippen molar-refractivity contribution in [1.29, 1.82) is 0 Å². The number of carbonyl (C=O) groups is 1. The maximum absolute atomic E-state index is 13.1. The second-order valence-corrected chi connectivity index (χ2v) is 11.1. The number of fused-ring (bicyclic) bond motifs is 1. The van der Waals surface area contributed by atoms with Crippen LogP contribution in [0.3, 0.4) is 0 Å². The summed E-state index contributed by atoms with van der Waals surface area (Å²) in [6.45, 7) is 8.59. The van der Waals surface area contributed by atoms with Gasteiger partial charge in [-0.1, -0.05) is 32.0 Å². The van der Waals surface area contributed by atoms with Gasteiger partial charge in [0.05, 0.1) is 17.1 Å². The van der Waals surface area contributed by atoms with E-state index in [1.54, 1.807) is 18.2 Å². The molecule has 2 heterocycles. The number of morpholine rings is 1. The van der Waals surface area contributed by atoms with Crippen molar-refractivity contribution in [1.82, 2.24) is 4.31 Å². The number of benzene rings is 2. The molecule has 0 radical (unpaired) electrons. The average molecular weight is 455 g/mol. The van der Waals surface area contributed by atoms with Crippen molar-refractivity contribution < 1.29 is 17.9 Å². The van der Waals surface area contributed by atoms with Gasteiger partial charge < -0.3 is 9.64 Å². The number of carbonyl (C=O) groups excluding carboxylic acids is 1. The highest BCUT2D eigenvalue weighted by Gasteiger charge is 2.38. The van der Waals surface area contributed by atoms with Crippen molar-refractivity contribution in [2.45, 2.75) is 50.2 Å². The van der Waals surface area contributed by atoms with Crippen LogP contribution in [0.15, 0.2) is 65.2 Å². The molecule has 6 nitrogen and oxygen atoms in total. The van der Waals surface area contributed by atoms with Gasteiger partial charge in [-0.15, -0.1) is 0 Å². The maximum atomic E-state index is 13.1. The molecule has 32 heavy (non-hydrogen) atoms. The summed E-state index contributed by atoms with van der Waals surface area (Å²) >= 11 is 0. The van der Waals surface area contributed by atoms with Crippen molar-refractivity contribution >= 4 is 21.5 Å².